The topological polar surface area (TPSA) is 91.1 Å². The molecule has 24 heavy (non-hydrogen) atoms. The van der Waals surface area contributed by atoms with Crippen LogP contribution in [0.2, 0.25) is 0 Å². The van der Waals surface area contributed by atoms with Crippen LogP contribution in [0, 0.1) is 0 Å². The van der Waals surface area contributed by atoms with Crippen molar-refractivity contribution in [2.24, 2.45) is 0 Å². The molecule has 2 heterocycles. The van der Waals surface area contributed by atoms with Crippen molar-refractivity contribution in [1.82, 2.24) is 15.6 Å². The Morgan fingerprint density at radius 2 is 2.08 bits per heavy atom. The van der Waals surface area contributed by atoms with Gasteiger partial charge in [-0.15, -0.1) is 0 Å². The van der Waals surface area contributed by atoms with Crippen LogP contribution < -0.4 is 16.2 Å². The fraction of sp³-hybridized carbons (Fsp3) is 0.389. The van der Waals surface area contributed by atoms with Crippen LogP contribution >= 0.6 is 0 Å². The van der Waals surface area contributed by atoms with Crippen LogP contribution in [0.15, 0.2) is 29.1 Å². The zero-order valence-electron chi connectivity index (χ0n) is 13.8. The summed E-state index contributed by atoms with van der Waals surface area (Å²) in [5.74, 6) is 0.0339. The number of pyridine rings is 1. The van der Waals surface area contributed by atoms with E-state index in [4.69, 9.17) is 0 Å². The van der Waals surface area contributed by atoms with E-state index in [9.17, 15) is 14.4 Å². The minimum atomic E-state index is -0.496. The second-order valence-corrected chi connectivity index (χ2v) is 6.50. The summed E-state index contributed by atoms with van der Waals surface area (Å²) < 4.78 is 0. The Labute approximate surface area is 139 Å². The summed E-state index contributed by atoms with van der Waals surface area (Å²) >= 11 is 0. The maximum atomic E-state index is 12.2. The van der Waals surface area contributed by atoms with Gasteiger partial charge < -0.3 is 15.6 Å². The van der Waals surface area contributed by atoms with Gasteiger partial charge in [0.1, 0.15) is 6.04 Å². The van der Waals surface area contributed by atoms with Gasteiger partial charge >= 0.3 is 0 Å². The van der Waals surface area contributed by atoms with Crippen molar-refractivity contribution in [3.63, 3.8) is 0 Å². The Kier molecular flexibility index (Phi) is 4.38. The van der Waals surface area contributed by atoms with Crippen LogP contribution in [0.5, 0.6) is 0 Å². The lowest BCUT2D eigenvalue weighted by Gasteiger charge is -2.11. The zero-order chi connectivity index (χ0) is 17.3. The first-order chi connectivity index (χ1) is 11.4. The number of carbonyl (C=O) groups is 2. The minimum Gasteiger partial charge on any atom is -0.350 e. The highest BCUT2D eigenvalue weighted by molar-refractivity contribution is 5.90. The molecule has 1 aliphatic rings. The summed E-state index contributed by atoms with van der Waals surface area (Å²) in [7, 11) is 0. The van der Waals surface area contributed by atoms with Crippen molar-refractivity contribution in [3.8, 4) is 0 Å². The number of benzene rings is 1. The number of rotatable bonds is 4. The molecule has 6 nitrogen and oxygen atoms in total. The number of hydrogen-bond acceptors (Lipinski definition) is 3. The summed E-state index contributed by atoms with van der Waals surface area (Å²) in [6.07, 6.45) is 0.864. The molecule has 1 aromatic carbocycles. The lowest BCUT2D eigenvalue weighted by molar-refractivity contribution is -0.125. The van der Waals surface area contributed by atoms with Gasteiger partial charge in [0, 0.05) is 24.0 Å². The van der Waals surface area contributed by atoms with E-state index in [-0.39, 0.29) is 23.9 Å². The number of aromatic amines is 1. The number of H-pyrrole nitrogens is 1. The second kappa shape index (κ2) is 6.47. The maximum Gasteiger partial charge on any atom is 0.253 e. The van der Waals surface area contributed by atoms with Gasteiger partial charge in [-0.25, -0.2) is 0 Å². The summed E-state index contributed by atoms with van der Waals surface area (Å²) in [6.45, 7) is 4.37. The van der Waals surface area contributed by atoms with E-state index in [0.717, 1.165) is 10.9 Å². The number of nitrogens with one attached hydrogen (secondary N) is 3. The standard InChI is InChI=1S/C18H21N3O3/c1-10(2)11-3-4-14-12(7-11)8-13(17(23)21-14)9-19-18(24)15-5-6-16(22)20-15/h3-4,7-8,10,15H,5-6,9H2,1-2H3,(H,19,24)(H,20,22)(H,21,23). The largest absolute Gasteiger partial charge is 0.350 e. The molecule has 0 bridgehead atoms. The summed E-state index contributed by atoms with van der Waals surface area (Å²) in [4.78, 5) is 38.2. The molecule has 1 fully saturated rings. The average Bonchev–Trinajstić information content (AvgIpc) is 2.98. The molecule has 1 aromatic heterocycles. The first kappa shape index (κ1) is 16.2. The van der Waals surface area contributed by atoms with Crippen LogP contribution in [-0.4, -0.2) is 22.8 Å². The second-order valence-electron chi connectivity index (χ2n) is 6.50. The fourth-order valence-corrected chi connectivity index (χ4v) is 2.88. The molecule has 2 amide bonds. The van der Waals surface area contributed by atoms with Crippen LogP contribution in [0.25, 0.3) is 10.9 Å². The predicted octanol–water partition coefficient (Wildman–Crippen LogP) is 1.55. The number of fused-ring (bicyclic) bond motifs is 1. The van der Waals surface area contributed by atoms with Gasteiger partial charge in [-0.05, 0) is 41.5 Å². The molecule has 0 saturated carbocycles. The summed E-state index contributed by atoms with van der Waals surface area (Å²) in [5, 5.41) is 6.29. The Balaban J connectivity index is 1.78. The van der Waals surface area contributed by atoms with Crippen molar-refractivity contribution in [1.29, 1.82) is 0 Å². The van der Waals surface area contributed by atoms with Crippen LogP contribution in [0.1, 0.15) is 43.7 Å². The molecule has 0 radical (unpaired) electrons. The van der Waals surface area contributed by atoms with Crippen molar-refractivity contribution in [3.05, 3.63) is 45.7 Å². The van der Waals surface area contributed by atoms with E-state index < -0.39 is 6.04 Å². The SMILES string of the molecule is CC(C)c1ccc2[nH]c(=O)c(CNC(=O)C3CCC(=O)N3)cc2c1. The molecule has 3 N–H and O–H groups in total. The van der Waals surface area contributed by atoms with E-state index >= 15 is 0 Å². The van der Waals surface area contributed by atoms with Crippen LogP contribution in [-0.2, 0) is 16.1 Å². The highest BCUT2D eigenvalue weighted by atomic mass is 16.2. The number of carbonyl (C=O) groups excluding carboxylic acids is 2. The minimum absolute atomic E-state index is 0.111. The Bertz CT molecular complexity index is 854. The van der Waals surface area contributed by atoms with Crippen LogP contribution in [0.3, 0.4) is 0 Å². The molecule has 6 heteroatoms. The van der Waals surface area contributed by atoms with Gasteiger partial charge in [0.25, 0.3) is 5.56 Å². The van der Waals surface area contributed by atoms with Gasteiger partial charge in [-0.3, -0.25) is 14.4 Å². The molecular weight excluding hydrogens is 306 g/mol. The third-order valence-corrected chi connectivity index (χ3v) is 4.38. The molecular formula is C18H21N3O3. The van der Waals surface area contributed by atoms with Crippen LogP contribution in [0.4, 0.5) is 0 Å². The zero-order valence-corrected chi connectivity index (χ0v) is 13.8. The summed E-state index contributed by atoms with van der Waals surface area (Å²) in [6, 6.07) is 7.28. The smallest absolute Gasteiger partial charge is 0.253 e. The predicted molar refractivity (Wildman–Crippen MR) is 91.7 cm³/mol. The molecule has 1 atom stereocenters. The Hall–Kier alpha value is -2.63. The molecule has 0 aliphatic carbocycles. The van der Waals surface area contributed by atoms with E-state index in [1.807, 2.05) is 18.2 Å². The van der Waals surface area contributed by atoms with Crippen molar-refractivity contribution in [2.75, 3.05) is 0 Å². The van der Waals surface area contributed by atoms with E-state index in [1.165, 1.54) is 5.56 Å². The normalized spacial score (nSPS) is 17.3. The third kappa shape index (κ3) is 3.32. The van der Waals surface area contributed by atoms with Gasteiger partial charge in [0.05, 0.1) is 0 Å². The number of aromatic nitrogens is 1. The first-order valence-corrected chi connectivity index (χ1v) is 8.17. The van der Waals surface area contributed by atoms with Gasteiger partial charge in [-0.1, -0.05) is 19.9 Å². The molecule has 1 aliphatic heterocycles. The van der Waals surface area contributed by atoms with E-state index in [0.29, 0.717) is 24.3 Å². The average molecular weight is 327 g/mol. The molecule has 3 rings (SSSR count). The van der Waals surface area contributed by atoms with E-state index in [2.05, 4.69) is 35.5 Å². The summed E-state index contributed by atoms with van der Waals surface area (Å²) in [5.41, 5.74) is 2.26. The lowest BCUT2D eigenvalue weighted by atomic mass is 10.0. The van der Waals surface area contributed by atoms with Crippen molar-refractivity contribution < 1.29 is 9.59 Å². The molecule has 0 spiro atoms. The van der Waals surface area contributed by atoms with Gasteiger partial charge in [0.15, 0.2) is 0 Å². The lowest BCUT2D eigenvalue weighted by Crippen LogP contribution is -2.41. The van der Waals surface area contributed by atoms with Crippen molar-refractivity contribution >= 4 is 22.7 Å². The third-order valence-electron chi connectivity index (χ3n) is 4.38. The number of hydrogen-bond donors (Lipinski definition) is 3. The fourth-order valence-electron chi connectivity index (χ4n) is 2.88. The highest BCUT2D eigenvalue weighted by Gasteiger charge is 2.26. The quantitative estimate of drug-likeness (QED) is 0.795. The number of amides is 2. The molecule has 126 valence electrons. The Morgan fingerprint density at radius 3 is 2.75 bits per heavy atom. The Morgan fingerprint density at radius 1 is 1.29 bits per heavy atom. The molecule has 1 unspecified atom stereocenters. The van der Waals surface area contributed by atoms with Gasteiger partial charge in [0.2, 0.25) is 11.8 Å². The molecule has 2 aromatic rings. The monoisotopic (exact) mass is 327 g/mol. The highest BCUT2D eigenvalue weighted by Crippen LogP contribution is 2.20. The van der Waals surface area contributed by atoms with Crippen molar-refractivity contribution in [2.45, 2.75) is 45.2 Å². The molecule has 1 saturated heterocycles. The first-order valence-electron chi connectivity index (χ1n) is 8.17. The van der Waals surface area contributed by atoms with E-state index in [1.54, 1.807) is 0 Å². The van der Waals surface area contributed by atoms with Gasteiger partial charge in [-0.2, -0.15) is 0 Å². The maximum absolute atomic E-state index is 12.2.